The first-order chi connectivity index (χ1) is 16.7. The molecular formula is C27H24N4O4. The maximum absolute atomic E-state index is 13.5. The van der Waals surface area contributed by atoms with Crippen molar-refractivity contribution in [2.24, 2.45) is 0 Å². The van der Waals surface area contributed by atoms with E-state index in [0.717, 1.165) is 10.5 Å². The fourth-order valence-corrected chi connectivity index (χ4v) is 3.75. The molecule has 0 spiro atoms. The summed E-state index contributed by atoms with van der Waals surface area (Å²) >= 11 is 0. The second-order valence-corrected chi connectivity index (χ2v) is 8.17. The molecule has 3 aromatic carbocycles. The van der Waals surface area contributed by atoms with Crippen LogP contribution in [0.3, 0.4) is 0 Å². The first-order valence-electron chi connectivity index (χ1n) is 11.0. The molecule has 0 unspecified atom stereocenters. The molecule has 4 amide bonds. The van der Waals surface area contributed by atoms with Crippen molar-refractivity contribution >= 4 is 52.0 Å². The molecule has 8 heteroatoms. The van der Waals surface area contributed by atoms with Crippen LogP contribution in [-0.4, -0.2) is 23.6 Å². The molecule has 0 saturated heterocycles. The Morgan fingerprint density at radius 3 is 1.66 bits per heavy atom. The van der Waals surface area contributed by atoms with Gasteiger partial charge in [0.25, 0.3) is 11.8 Å². The fraction of sp³-hybridized carbons (Fsp3) is 0.111. The van der Waals surface area contributed by atoms with E-state index in [2.05, 4.69) is 16.0 Å². The number of anilines is 4. The SMILES string of the molecule is CC(=O)Nc1ccc(NC2=C(c3ccc(C)cc3)C(=O)N(c3ccc(NC(C)=O)cc3)C2=O)cc1. The molecule has 0 bridgehead atoms. The highest BCUT2D eigenvalue weighted by Crippen LogP contribution is 2.34. The molecule has 8 nitrogen and oxygen atoms in total. The van der Waals surface area contributed by atoms with Gasteiger partial charge >= 0.3 is 0 Å². The smallest absolute Gasteiger partial charge is 0.282 e. The number of hydrogen-bond donors (Lipinski definition) is 3. The topological polar surface area (TPSA) is 108 Å². The molecule has 176 valence electrons. The molecule has 1 aliphatic heterocycles. The average molecular weight is 469 g/mol. The Balaban J connectivity index is 1.70. The van der Waals surface area contributed by atoms with E-state index in [1.54, 1.807) is 60.7 Å². The Bertz CT molecular complexity index is 1340. The Kier molecular flexibility index (Phi) is 6.46. The number of amides is 4. The lowest BCUT2D eigenvalue weighted by Crippen LogP contribution is -2.32. The van der Waals surface area contributed by atoms with Gasteiger partial charge in [-0.2, -0.15) is 0 Å². The number of benzene rings is 3. The van der Waals surface area contributed by atoms with Crippen molar-refractivity contribution < 1.29 is 19.2 Å². The summed E-state index contributed by atoms with van der Waals surface area (Å²) in [6.45, 7) is 4.77. The van der Waals surface area contributed by atoms with Gasteiger partial charge in [-0.1, -0.05) is 29.8 Å². The van der Waals surface area contributed by atoms with Crippen molar-refractivity contribution in [1.82, 2.24) is 0 Å². The van der Waals surface area contributed by atoms with Crippen molar-refractivity contribution in [2.45, 2.75) is 20.8 Å². The zero-order valence-corrected chi connectivity index (χ0v) is 19.5. The minimum Gasteiger partial charge on any atom is -0.350 e. The monoisotopic (exact) mass is 468 g/mol. The van der Waals surface area contributed by atoms with E-state index in [0.29, 0.717) is 28.3 Å². The first kappa shape index (κ1) is 23.4. The van der Waals surface area contributed by atoms with Crippen LogP contribution in [0.15, 0.2) is 78.5 Å². The van der Waals surface area contributed by atoms with E-state index in [-0.39, 0.29) is 23.1 Å². The summed E-state index contributed by atoms with van der Waals surface area (Å²) in [7, 11) is 0. The molecule has 4 rings (SSSR count). The lowest BCUT2D eigenvalue weighted by atomic mass is 10.0. The van der Waals surface area contributed by atoms with Gasteiger partial charge in [-0.3, -0.25) is 19.2 Å². The van der Waals surface area contributed by atoms with Gasteiger partial charge in [0.1, 0.15) is 5.70 Å². The van der Waals surface area contributed by atoms with Crippen molar-refractivity contribution in [2.75, 3.05) is 20.9 Å². The van der Waals surface area contributed by atoms with E-state index in [9.17, 15) is 19.2 Å². The molecule has 0 fully saturated rings. The number of rotatable bonds is 6. The van der Waals surface area contributed by atoms with Crippen LogP contribution in [0, 0.1) is 6.92 Å². The Labute approximate surface area is 202 Å². The van der Waals surface area contributed by atoms with E-state index in [1.165, 1.54) is 13.8 Å². The molecule has 1 heterocycles. The molecule has 1 aliphatic rings. The van der Waals surface area contributed by atoms with E-state index >= 15 is 0 Å². The molecule has 3 aromatic rings. The van der Waals surface area contributed by atoms with Crippen LogP contribution < -0.4 is 20.9 Å². The van der Waals surface area contributed by atoms with Crippen LogP contribution in [0.1, 0.15) is 25.0 Å². The number of hydrogen-bond acceptors (Lipinski definition) is 5. The fourth-order valence-electron chi connectivity index (χ4n) is 3.75. The Morgan fingerprint density at radius 2 is 1.14 bits per heavy atom. The van der Waals surface area contributed by atoms with Gasteiger partial charge in [-0.05, 0) is 61.0 Å². The van der Waals surface area contributed by atoms with E-state index in [4.69, 9.17) is 0 Å². The maximum atomic E-state index is 13.5. The third-order valence-electron chi connectivity index (χ3n) is 5.34. The van der Waals surface area contributed by atoms with Gasteiger partial charge in [-0.15, -0.1) is 0 Å². The van der Waals surface area contributed by atoms with Crippen LogP contribution >= 0.6 is 0 Å². The lowest BCUT2D eigenvalue weighted by Gasteiger charge is -2.16. The van der Waals surface area contributed by atoms with Crippen molar-refractivity contribution in [3.63, 3.8) is 0 Å². The highest BCUT2D eigenvalue weighted by atomic mass is 16.2. The summed E-state index contributed by atoms with van der Waals surface area (Å²) in [6, 6.07) is 20.7. The van der Waals surface area contributed by atoms with Crippen LogP contribution in [0.5, 0.6) is 0 Å². The average Bonchev–Trinajstić information content (AvgIpc) is 3.05. The van der Waals surface area contributed by atoms with Gasteiger partial charge in [0.2, 0.25) is 11.8 Å². The van der Waals surface area contributed by atoms with Crippen LogP contribution in [0.25, 0.3) is 5.57 Å². The van der Waals surface area contributed by atoms with Gasteiger partial charge in [0.05, 0.1) is 11.3 Å². The summed E-state index contributed by atoms with van der Waals surface area (Å²) in [4.78, 5) is 50.7. The Hall–Kier alpha value is -4.72. The van der Waals surface area contributed by atoms with Crippen LogP contribution in [-0.2, 0) is 19.2 Å². The zero-order valence-electron chi connectivity index (χ0n) is 19.5. The summed E-state index contributed by atoms with van der Waals surface area (Å²) in [5, 5.41) is 8.46. The molecule has 0 aliphatic carbocycles. The highest BCUT2D eigenvalue weighted by molar-refractivity contribution is 6.46. The van der Waals surface area contributed by atoms with Crippen molar-refractivity contribution in [1.29, 1.82) is 0 Å². The summed E-state index contributed by atoms with van der Waals surface area (Å²) in [6.07, 6.45) is 0. The summed E-state index contributed by atoms with van der Waals surface area (Å²) < 4.78 is 0. The number of imide groups is 1. The van der Waals surface area contributed by atoms with E-state index < -0.39 is 11.8 Å². The van der Waals surface area contributed by atoms with E-state index in [1.807, 2.05) is 19.1 Å². The minimum atomic E-state index is -0.496. The van der Waals surface area contributed by atoms with Gasteiger partial charge in [-0.25, -0.2) is 4.90 Å². The number of carbonyl (C=O) groups excluding carboxylic acids is 4. The predicted octanol–water partition coefficient (Wildman–Crippen LogP) is 4.31. The molecule has 0 saturated carbocycles. The Morgan fingerprint density at radius 1 is 0.657 bits per heavy atom. The van der Waals surface area contributed by atoms with Gasteiger partial charge in [0, 0.05) is 30.9 Å². The minimum absolute atomic E-state index is 0.150. The first-order valence-corrected chi connectivity index (χ1v) is 11.0. The summed E-state index contributed by atoms with van der Waals surface area (Å²) in [5.41, 5.74) is 4.20. The number of aryl methyl sites for hydroxylation is 1. The molecule has 0 atom stereocenters. The van der Waals surface area contributed by atoms with Crippen LogP contribution in [0.4, 0.5) is 22.7 Å². The van der Waals surface area contributed by atoms with Crippen LogP contribution in [0.2, 0.25) is 0 Å². The number of nitrogens with zero attached hydrogens (tertiary/aromatic N) is 1. The molecule has 0 aromatic heterocycles. The third-order valence-corrected chi connectivity index (χ3v) is 5.34. The molecule has 0 radical (unpaired) electrons. The molecule has 35 heavy (non-hydrogen) atoms. The molecular weight excluding hydrogens is 444 g/mol. The zero-order chi connectivity index (χ0) is 25.1. The normalized spacial score (nSPS) is 13.2. The van der Waals surface area contributed by atoms with Gasteiger partial charge in [0.15, 0.2) is 0 Å². The molecule has 3 N–H and O–H groups in total. The van der Waals surface area contributed by atoms with Gasteiger partial charge < -0.3 is 16.0 Å². The lowest BCUT2D eigenvalue weighted by molar-refractivity contribution is -0.120. The highest BCUT2D eigenvalue weighted by Gasteiger charge is 2.40. The number of nitrogens with one attached hydrogen (secondary N) is 3. The van der Waals surface area contributed by atoms with Crippen molar-refractivity contribution in [3.8, 4) is 0 Å². The standard InChI is InChI=1S/C27H24N4O4/c1-16-4-6-19(7-5-16)24-25(30-22-10-8-20(9-11-22)28-17(2)32)27(35)31(26(24)34)23-14-12-21(13-15-23)29-18(3)33/h4-15,30H,1-3H3,(H,28,32)(H,29,33). The third kappa shape index (κ3) is 5.11. The predicted molar refractivity (Wildman–Crippen MR) is 136 cm³/mol. The quantitative estimate of drug-likeness (QED) is 0.468. The second kappa shape index (κ2) is 9.64. The second-order valence-electron chi connectivity index (χ2n) is 8.17. The summed E-state index contributed by atoms with van der Waals surface area (Å²) in [5.74, 6) is -1.36. The number of carbonyl (C=O) groups is 4. The maximum Gasteiger partial charge on any atom is 0.282 e. The van der Waals surface area contributed by atoms with Crippen molar-refractivity contribution in [3.05, 3.63) is 89.6 Å². The largest absolute Gasteiger partial charge is 0.350 e.